The third-order valence-corrected chi connectivity index (χ3v) is 2.88. The van der Waals surface area contributed by atoms with Crippen molar-refractivity contribution < 1.29 is 4.39 Å². The fourth-order valence-corrected chi connectivity index (χ4v) is 2.07. The molecule has 1 nitrogen and oxygen atoms in total. The van der Waals surface area contributed by atoms with Crippen LogP contribution >= 0.6 is 0 Å². The van der Waals surface area contributed by atoms with Crippen LogP contribution in [0.1, 0.15) is 16.7 Å². The maximum Gasteiger partial charge on any atom is 0.124 e. The van der Waals surface area contributed by atoms with Gasteiger partial charge in [-0.3, -0.25) is 0 Å². The quantitative estimate of drug-likeness (QED) is 0.837. The van der Waals surface area contributed by atoms with E-state index in [9.17, 15) is 4.39 Å². The molecule has 88 valence electrons. The number of aryl methyl sites for hydroxylation is 2. The summed E-state index contributed by atoms with van der Waals surface area (Å²) in [6.45, 7) is 4.45. The molecule has 0 saturated heterocycles. The molecule has 0 aliphatic heterocycles. The summed E-state index contributed by atoms with van der Waals surface area (Å²) >= 11 is 0. The monoisotopic (exact) mass is 229 g/mol. The second-order valence-corrected chi connectivity index (χ2v) is 4.37. The Kier molecular flexibility index (Phi) is 3.25. The van der Waals surface area contributed by atoms with Crippen molar-refractivity contribution in [3.63, 3.8) is 0 Å². The van der Waals surface area contributed by atoms with Crippen LogP contribution in [0, 0.1) is 19.7 Å². The van der Waals surface area contributed by atoms with Crippen molar-refractivity contribution in [3.8, 4) is 11.1 Å². The van der Waals surface area contributed by atoms with Crippen LogP contribution in [-0.2, 0) is 6.54 Å². The molecule has 0 amide bonds. The van der Waals surface area contributed by atoms with E-state index in [0.717, 1.165) is 27.8 Å². The first-order valence-electron chi connectivity index (χ1n) is 5.67. The molecule has 0 atom stereocenters. The Morgan fingerprint density at radius 3 is 2.41 bits per heavy atom. The first kappa shape index (κ1) is 11.8. The van der Waals surface area contributed by atoms with Gasteiger partial charge in [0, 0.05) is 6.54 Å². The van der Waals surface area contributed by atoms with E-state index in [-0.39, 0.29) is 5.82 Å². The Morgan fingerprint density at radius 1 is 1.06 bits per heavy atom. The first-order chi connectivity index (χ1) is 8.10. The van der Waals surface area contributed by atoms with Crippen LogP contribution in [0.25, 0.3) is 11.1 Å². The van der Waals surface area contributed by atoms with E-state index in [1.807, 2.05) is 32.0 Å². The summed E-state index contributed by atoms with van der Waals surface area (Å²) in [6, 6.07) is 11.1. The molecule has 2 aromatic rings. The van der Waals surface area contributed by atoms with Crippen LogP contribution in [-0.4, -0.2) is 0 Å². The molecule has 2 aromatic carbocycles. The summed E-state index contributed by atoms with van der Waals surface area (Å²) in [5.41, 5.74) is 10.7. The molecule has 0 unspecified atom stereocenters. The van der Waals surface area contributed by atoms with Gasteiger partial charge in [-0.1, -0.05) is 24.3 Å². The Labute approximate surface area is 101 Å². The van der Waals surface area contributed by atoms with E-state index in [4.69, 9.17) is 5.73 Å². The summed E-state index contributed by atoms with van der Waals surface area (Å²) in [5, 5.41) is 0. The normalized spacial score (nSPS) is 10.6. The van der Waals surface area contributed by atoms with Crippen LogP contribution in [0.4, 0.5) is 4.39 Å². The van der Waals surface area contributed by atoms with Gasteiger partial charge in [0.1, 0.15) is 5.82 Å². The number of hydrogen-bond acceptors (Lipinski definition) is 1. The maximum atomic E-state index is 13.4. The van der Waals surface area contributed by atoms with Gasteiger partial charge in [0.2, 0.25) is 0 Å². The second kappa shape index (κ2) is 4.68. The van der Waals surface area contributed by atoms with Crippen LogP contribution < -0.4 is 5.73 Å². The molecule has 2 heteroatoms. The lowest BCUT2D eigenvalue weighted by atomic mass is 9.97. The molecule has 17 heavy (non-hydrogen) atoms. The highest BCUT2D eigenvalue weighted by molar-refractivity contribution is 5.68. The molecule has 0 aliphatic carbocycles. The van der Waals surface area contributed by atoms with Crippen LogP contribution in [0.2, 0.25) is 0 Å². The van der Waals surface area contributed by atoms with Crippen LogP contribution in [0.15, 0.2) is 36.4 Å². The molecule has 0 radical (unpaired) electrons. The van der Waals surface area contributed by atoms with E-state index < -0.39 is 0 Å². The van der Waals surface area contributed by atoms with Gasteiger partial charge in [-0.2, -0.15) is 0 Å². The molecule has 0 spiro atoms. The third kappa shape index (κ3) is 2.53. The molecule has 0 aliphatic rings. The van der Waals surface area contributed by atoms with Gasteiger partial charge in [-0.15, -0.1) is 0 Å². The van der Waals surface area contributed by atoms with Crippen LogP contribution in [0.5, 0.6) is 0 Å². The Hall–Kier alpha value is -1.67. The van der Waals surface area contributed by atoms with Crippen molar-refractivity contribution in [1.82, 2.24) is 0 Å². The number of nitrogens with two attached hydrogens (primary N) is 1. The lowest BCUT2D eigenvalue weighted by Gasteiger charge is -2.09. The van der Waals surface area contributed by atoms with E-state index in [1.165, 1.54) is 6.07 Å². The average Bonchev–Trinajstić information content (AvgIpc) is 2.27. The maximum absolute atomic E-state index is 13.4. The van der Waals surface area contributed by atoms with Crippen molar-refractivity contribution in [2.24, 2.45) is 5.73 Å². The zero-order valence-corrected chi connectivity index (χ0v) is 10.1. The van der Waals surface area contributed by atoms with Gasteiger partial charge < -0.3 is 5.73 Å². The Bertz CT molecular complexity index is 526. The molecule has 2 N–H and O–H groups in total. The largest absolute Gasteiger partial charge is 0.326 e. The highest BCUT2D eigenvalue weighted by Crippen LogP contribution is 2.26. The van der Waals surface area contributed by atoms with Crippen molar-refractivity contribution >= 4 is 0 Å². The minimum Gasteiger partial charge on any atom is -0.326 e. The number of benzene rings is 2. The van der Waals surface area contributed by atoms with Gasteiger partial charge in [0.15, 0.2) is 0 Å². The number of rotatable bonds is 2. The summed E-state index contributed by atoms with van der Waals surface area (Å²) < 4.78 is 13.4. The number of hydrogen-bond donors (Lipinski definition) is 1. The molecule has 2 rings (SSSR count). The predicted octanol–water partition coefficient (Wildman–Crippen LogP) is 3.57. The van der Waals surface area contributed by atoms with Gasteiger partial charge in [0.25, 0.3) is 0 Å². The molecule has 0 saturated carbocycles. The molecule has 0 aromatic heterocycles. The lowest BCUT2D eigenvalue weighted by molar-refractivity contribution is 0.627. The van der Waals surface area contributed by atoms with Gasteiger partial charge in [-0.25, -0.2) is 4.39 Å². The zero-order chi connectivity index (χ0) is 12.4. The molecular weight excluding hydrogens is 213 g/mol. The topological polar surface area (TPSA) is 26.0 Å². The van der Waals surface area contributed by atoms with Gasteiger partial charge >= 0.3 is 0 Å². The van der Waals surface area contributed by atoms with Crippen molar-refractivity contribution in [2.75, 3.05) is 0 Å². The highest BCUT2D eigenvalue weighted by atomic mass is 19.1. The second-order valence-electron chi connectivity index (χ2n) is 4.37. The standard InChI is InChI=1S/C15H16FN/c1-10-5-13(8-14(16)6-10)15-4-3-12(9-17)7-11(15)2/h3-8H,9,17H2,1-2H3. The third-order valence-electron chi connectivity index (χ3n) is 2.88. The smallest absolute Gasteiger partial charge is 0.124 e. The van der Waals surface area contributed by atoms with Gasteiger partial charge in [0.05, 0.1) is 0 Å². The predicted molar refractivity (Wildman–Crippen MR) is 69.2 cm³/mol. The summed E-state index contributed by atoms with van der Waals surface area (Å²) in [6.07, 6.45) is 0. The van der Waals surface area contributed by atoms with Crippen molar-refractivity contribution in [3.05, 3.63) is 58.9 Å². The fraction of sp³-hybridized carbons (Fsp3) is 0.200. The minimum atomic E-state index is -0.192. The summed E-state index contributed by atoms with van der Waals surface area (Å²) in [5.74, 6) is -0.192. The van der Waals surface area contributed by atoms with Crippen LogP contribution in [0.3, 0.4) is 0 Å². The molecular formula is C15H16FN. The minimum absolute atomic E-state index is 0.192. The average molecular weight is 229 g/mol. The SMILES string of the molecule is Cc1cc(F)cc(-c2ccc(CN)cc2C)c1. The Balaban J connectivity index is 2.52. The Morgan fingerprint density at radius 2 is 1.82 bits per heavy atom. The van der Waals surface area contributed by atoms with E-state index in [1.54, 1.807) is 6.07 Å². The zero-order valence-electron chi connectivity index (χ0n) is 10.1. The summed E-state index contributed by atoms with van der Waals surface area (Å²) in [7, 11) is 0. The van der Waals surface area contributed by atoms with Gasteiger partial charge in [-0.05, 0) is 53.8 Å². The number of halogens is 1. The van der Waals surface area contributed by atoms with E-state index in [2.05, 4.69) is 6.07 Å². The molecule has 0 bridgehead atoms. The van der Waals surface area contributed by atoms with Crippen molar-refractivity contribution in [2.45, 2.75) is 20.4 Å². The molecule has 0 fully saturated rings. The molecule has 0 heterocycles. The lowest BCUT2D eigenvalue weighted by Crippen LogP contribution is -1.97. The first-order valence-corrected chi connectivity index (χ1v) is 5.67. The summed E-state index contributed by atoms with van der Waals surface area (Å²) in [4.78, 5) is 0. The van der Waals surface area contributed by atoms with Crippen molar-refractivity contribution in [1.29, 1.82) is 0 Å². The highest BCUT2D eigenvalue weighted by Gasteiger charge is 2.05. The van der Waals surface area contributed by atoms with E-state index in [0.29, 0.717) is 6.54 Å². The fourth-order valence-electron chi connectivity index (χ4n) is 2.07. The van der Waals surface area contributed by atoms with E-state index >= 15 is 0 Å².